The van der Waals surface area contributed by atoms with Crippen molar-refractivity contribution in [2.45, 2.75) is 6.04 Å². The molecule has 1 atom stereocenters. The van der Waals surface area contributed by atoms with Crippen LogP contribution in [-0.2, 0) is 7.05 Å². The Morgan fingerprint density at radius 1 is 1.64 bits per heavy atom. The van der Waals surface area contributed by atoms with Crippen molar-refractivity contribution in [1.29, 1.82) is 0 Å². The van der Waals surface area contributed by atoms with Crippen molar-refractivity contribution in [3.8, 4) is 0 Å². The van der Waals surface area contributed by atoms with Gasteiger partial charge in [-0.1, -0.05) is 11.6 Å². The second kappa shape index (κ2) is 3.48. The molecule has 4 nitrogen and oxygen atoms in total. The van der Waals surface area contributed by atoms with E-state index in [0.717, 1.165) is 5.69 Å². The molecule has 0 bridgehead atoms. The van der Waals surface area contributed by atoms with Crippen molar-refractivity contribution in [2.24, 2.45) is 12.8 Å². The van der Waals surface area contributed by atoms with Crippen molar-refractivity contribution in [3.63, 3.8) is 0 Å². The first-order chi connectivity index (χ1) is 6.70. The van der Waals surface area contributed by atoms with Gasteiger partial charge in [-0.2, -0.15) is 5.10 Å². The van der Waals surface area contributed by atoms with Crippen LogP contribution in [0.3, 0.4) is 0 Å². The quantitative estimate of drug-likeness (QED) is 0.823. The van der Waals surface area contributed by atoms with Crippen molar-refractivity contribution >= 4 is 11.6 Å². The van der Waals surface area contributed by atoms with Crippen molar-refractivity contribution in [1.82, 2.24) is 9.78 Å². The largest absolute Gasteiger partial charge is 0.467 e. The minimum atomic E-state index is -0.370. The van der Waals surface area contributed by atoms with Crippen LogP contribution >= 0.6 is 11.6 Å². The summed E-state index contributed by atoms with van der Waals surface area (Å²) in [6.07, 6.45) is 3.15. The number of nitrogens with zero attached hydrogens (tertiary/aromatic N) is 2. The predicted molar refractivity (Wildman–Crippen MR) is 53.0 cm³/mol. The normalized spacial score (nSPS) is 13.1. The van der Waals surface area contributed by atoms with Crippen LogP contribution in [0.4, 0.5) is 0 Å². The minimum Gasteiger partial charge on any atom is -0.467 e. The van der Waals surface area contributed by atoms with Gasteiger partial charge in [-0.25, -0.2) is 0 Å². The molecule has 0 saturated heterocycles. The van der Waals surface area contributed by atoms with E-state index in [1.807, 2.05) is 6.07 Å². The number of aryl methyl sites for hydroxylation is 1. The van der Waals surface area contributed by atoms with Gasteiger partial charge < -0.3 is 10.2 Å². The second-order valence-electron chi connectivity index (χ2n) is 2.99. The van der Waals surface area contributed by atoms with Crippen molar-refractivity contribution < 1.29 is 4.42 Å². The first kappa shape index (κ1) is 9.30. The lowest BCUT2D eigenvalue weighted by Gasteiger charge is -2.09. The Bertz CT molecular complexity index is 402. The van der Waals surface area contributed by atoms with Gasteiger partial charge in [-0.3, -0.25) is 4.68 Å². The van der Waals surface area contributed by atoms with Gasteiger partial charge in [0, 0.05) is 7.05 Å². The van der Waals surface area contributed by atoms with E-state index in [2.05, 4.69) is 5.10 Å². The average molecular weight is 212 g/mol. The van der Waals surface area contributed by atoms with E-state index in [0.29, 0.717) is 10.8 Å². The summed E-state index contributed by atoms with van der Waals surface area (Å²) >= 11 is 5.95. The molecule has 2 N–H and O–H groups in total. The third kappa shape index (κ3) is 1.42. The van der Waals surface area contributed by atoms with Crippen LogP contribution in [0.1, 0.15) is 17.5 Å². The molecule has 0 aromatic carbocycles. The molecule has 74 valence electrons. The van der Waals surface area contributed by atoms with E-state index >= 15 is 0 Å². The molecule has 0 saturated carbocycles. The summed E-state index contributed by atoms with van der Waals surface area (Å²) in [5.41, 5.74) is 6.72. The molecule has 2 rings (SSSR count). The number of furan rings is 1. The summed E-state index contributed by atoms with van der Waals surface area (Å²) < 4.78 is 6.85. The van der Waals surface area contributed by atoms with Crippen LogP contribution < -0.4 is 5.73 Å². The SMILES string of the molecule is Cn1ncc(Cl)c1C(N)c1ccco1. The second-order valence-corrected chi connectivity index (χ2v) is 3.40. The number of halogens is 1. The lowest BCUT2D eigenvalue weighted by Crippen LogP contribution is -2.15. The number of hydrogen-bond donors (Lipinski definition) is 1. The fraction of sp³-hybridized carbons (Fsp3) is 0.222. The van der Waals surface area contributed by atoms with Gasteiger partial charge in [-0.15, -0.1) is 0 Å². The maximum absolute atomic E-state index is 5.97. The average Bonchev–Trinajstić information content (AvgIpc) is 2.75. The summed E-state index contributed by atoms with van der Waals surface area (Å²) in [6.45, 7) is 0. The smallest absolute Gasteiger partial charge is 0.126 e. The summed E-state index contributed by atoms with van der Waals surface area (Å²) in [5, 5.41) is 4.56. The van der Waals surface area contributed by atoms with Gasteiger partial charge in [0.1, 0.15) is 11.8 Å². The summed E-state index contributed by atoms with van der Waals surface area (Å²) in [6, 6.07) is 3.23. The van der Waals surface area contributed by atoms with Crippen LogP contribution in [0.15, 0.2) is 29.0 Å². The number of nitrogens with two attached hydrogens (primary N) is 1. The highest BCUT2D eigenvalue weighted by Crippen LogP contribution is 2.25. The van der Waals surface area contributed by atoms with E-state index in [-0.39, 0.29) is 6.04 Å². The molecule has 0 aliphatic rings. The lowest BCUT2D eigenvalue weighted by molar-refractivity contribution is 0.478. The van der Waals surface area contributed by atoms with E-state index in [1.54, 1.807) is 30.3 Å². The Balaban J connectivity index is 2.41. The van der Waals surface area contributed by atoms with Crippen LogP contribution in [-0.4, -0.2) is 9.78 Å². The van der Waals surface area contributed by atoms with Gasteiger partial charge in [0.2, 0.25) is 0 Å². The van der Waals surface area contributed by atoms with Crippen LogP contribution in [0.2, 0.25) is 5.02 Å². The van der Waals surface area contributed by atoms with E-state index in [9.17, 15) is 0 Å². The molecule has 2 aromatic heterocycles. The Labute approximate surface area is 86.3 Å². The predicted octanol–water partition coefficient (Wildman–Crippen LogP) is 1.71. The molecule has 0 spiro atoms. The molecule has 0 fully saturated rings. The molecule has 0 radical (unpaired) electrons. The Morgan fingerprint density at radius 3 is 2.93 bits per heavy atom. The minimum absolute atomic E-state index is 0.370. The molecule has 2 aromatic rings. The molecular weight excluding hydrogens is 202 g/mol. The van der Waals surface area contributed by atoms with E-state index in [4.69, 9.17) is 21.8 Å². The van der Waals surface area contributed by atoms with Crippen molar-refractivity contribution in [2.75, 3.05) is 0 Å². The third-order valence-corrected chi connectivity index (χ3v) is 2.37. The van der Waals surface area contributed by atoms with Gasteiger partial charge in [-0.05, 0) is 12.1 Å². The Hall–Kier alpha value is -1.26. The molecule has 0 amide bonds. The van der Waals surface area contributed by atoms with Gasteiger partial charge >= 0.3 is 0 Å². The molecule has 1 unspecified atom stereocenters. The highest BCUT2D eigenvalue weighted by atomic mass is 35.5. The Kier molecular flexibility index (Phi) is 2.31. The maximum atomic E-state index is 5.97. The zero-order valence-electron chi connectivity index (χ0n) is 7.64. The zero-order chi connectivity index (χ0) is 10.1. The number of hydrogen-bond acceptors (Lipinski definition) is 3. The zero-order valence-corrected chi connectivity index (χ0v) is 8.40. The molecule has 2 heterocycles. The number of aromatic nitrogens is 2. The standard InChI is InChI=1S/C9H10ClN3O/c1-13-9(6(10)5-12-13)8(11)7-3-2-4-14-7/h2-5,8H,11H2,1H3. The lowest BCUT2D eigenvalue weighted by atomic mass is 10.2. The van der Waals surface area contributed by atoms with Crippen LogP contribution in [0.25, 0.3) is 0 Å². The van der Waals surface area contributed by atoms with Crippen LogP contribution in [0, 0.1) is 0 Å². The fourth-order valence-electron chi connectivity index (χ4n) is 1.37. The highest BCUT2D eigenvalue weighted by molar-refractivity contribution is 6.31. The molecule has 14 heavy (non-hydrogen) atoms. The number of rotatable bonds is 2. The van der Waals surface area contributed by atoms with Gasteiger partial charge in [0.25, 0.3) is 0 Å². The first-order valence-corrected chi connectivity index (χ1v) is 4.54. The molecule has 0 aliphatic carbocycles. The molecule has 5 heteroatoms. The fourth-order valence-corrected chi connectivity index (χ4v) is 1.66. The van der Waals surface area contributed by atoms with Gasteiger partial charge in [0.05, 0.1) is 23.2 Å². The maximum Gasteiger partial charge on any atom is 0.126 e. The summed E-state index contributed by atoms with van der Waals surface area (Å²) in [4.78, 5) is 0. The van der Waals surface area contributed by atoms with Gasteiger partial charge in [0.15, 0.2) is 0 Å². The molecule has 0 aliphatic heterocycles. The van der Waals surface area contributed by atoms with E-state index in [1.165, 1.54) is 0 Å². The monoisotopic (exact) mass is 211 g/mol. The first-order valence-electron chi connectivity index (χ1n) is 4.16. The van der Waals surface area contributed by atoms with E-state index < -0.39 is 0 Å². The summed E-state index contributed by atoms with van der Waals surface area (Å²) in [5.74, 6) is 0.676. The highest BCUT2D eigenvalue weighted by Gasteiger charge is 2.18. The molecular formula is C9H10ClN3O. The third-order valence-electron chi connectivity index (χ3n) is 2.08. The van der Waals surface area contributed by atoms with Crippen LogP contribution in [0.5, 0.6) is 0 Å². The van der Waals surface area contributed by atoms with Crippen molar-refractivity contribution in [3.05, 3.63) is 41.1 Å². The summed E-state index contributed by atoms with van der Waals surface area (Å²) in [7, 11) is 1.80. The Morgan fingerprint density at radius 2 is 2.43 bits per heavy atom. The topological polar surface area (TPSA) is 57.0 Å².